The maximum absolute atomic E-state index is 2.37. The largest absolute Gasteiger partial charge is 0.0625 e. The Morgan fingerprint density at radius 2 is 0.519 bits per heavy atom. The molecule has 300 valence electrons. The molecule has 0 N–H and O–H groups in total. The van der Waals surface area contributed by atoms with Crippen molar-refractivity contribution < 1.29 is 4.28 Å². The second-order valence-electron chi connectivity index (χ2n) is 18.2. The number of hydrogen-bond donors (Lipinski definition) is 0. The Morgan fingerprint density at radius 3 is 0.731 bits per heavy atom. The third-order valence-electron chi connectivity index (χ3n) is 12.5. The number of aryl methyl sites for hydroxylation is 7. The molecule has 6 rings (SSSR count). The summed E-state index contributed by atoms with van der Waals surface area (Å²) in [6.45, 7) is 35.7. The van der Waals surface area contributed by atoms with Crippen LogP contribution >= 0.6 is 0 Å². The van der Waals surface area contributed by atoms with E-state index in [0.717, 1.165) is 35.5 Å². The average molecular weight is 718 g/mol. The molecular weight excluding hydrogens is 625 g/mol. The Hall–Kier alpha value is -2.34. The fraction of sp³-hybridized carbons (Fsp3) is 0.654. The molecule has 3 saturated carbocycles. The van der Waals surface area contributed by atoms with E-state index in [1.807, 2.05) is 0 Å². The van der Waals surface area contributed by atoms with Gasteiger partial charge in [-0.15, -0.1) is 0 Å². The molecule has 0 heterocycles. The molecule has 0 spiro atoms. The van der Waals surface area contributed by atoms with Crippen LogP contribution in [0, 0.1) is 105 Å². The molecule has 0 bridgehead atoms. The summed E-state index contributed by atoms with van der Waals surface area (Å²) in [5, 5.41) is 0. The molecule has 3 aliphatic rings. The average Bonchev–Trinajstić information content (AvgIpc) is 3.11. The van der Waals surface area contributed by atoms with Crippen LogP contribution < -0.4 is 0 Å². The first-order valence-electron chi connectivity index (χ1n) is 21.5. The molecule has 0 unspecified atom stereocenters. The first-order chi connectivity index (χ1) is 24.4. The molecule has 3 aliphatic carbocycles. The summed E-state index contributed by atoms with van der Waals surface area (Å²) in [5.41, 5.74) is 13.9. The van der Waals surface area contributed by atoms with Crippen LogP contribution in [0.3, 0.4) is 0 Å². The fourth-order valence-electron chi connectivity index (χ4n) is 7.26. The summed E-state index contributed by atoms with van der Waals surface area (Å²) < 4.78 is 0. The van der Waals surface area contributed by atoms with Gasteiger partial charge in [0.25, 0.3) is 0 Å². The van der Waals surface area contributed by atoms with Gasteiger partial charge in [0.1, 0.15) is 0 Å². The van der Waals surface area contributed by atoms with Crippen molar-refractivity contribution in [3.05, 3.63) is 104 Å². The fourth-order valence-corrected chi connectivity index (χ4v) is 7.26. The van der Waals surface area contributed by atoms with Crippen molar-refractivity contribution in [2.24, 2.45) is 35.5 Å². The second-order valence-corrected chi connectivity index (χ2v) is 18.2. The molecule has 0 amide bonds. The quantitative estimate of drug-likeness (QED) is 0.217. The van der Waals surface area contributed by atoms with Gasteiger partial charge in [-0.25, -0.2) is 0 Å². The summed E-state index contributed by atoms with van der Waals surface area (Å²) in [6.07, 6.45) is 17.7. The maximum Gasteiger partial charge on any atom is 0 e. The summed E-state index contributed by atoms with van der Waals surface area (Å²) in [5.74, 6) is 6.12. The van der Waals surface area contributed by atoms with Crippen LogP contribution in [-0.2, 0) is 0 Å². The molecule has 0 aliphatic heterocycles. The third kappa shape index (κ3) is 20.8. The van der Waals surface area contributed by atoms with Crippen LogP contribution in [0.5, 0.6) is 0 Å². The second kappa shape index (κ2) is 25.6. The van der Waals surface area contributed by atoms with Gasteiger partial charge in [0, 0.05) is 4.28 Å². The van der Waals surface area contributed by atoms with Crippen molar-refractivity contribution in [2.75, 3.05) is 0 Å². The van der Waals surface area contributed by atoms with Gasteiger partial charge in [0.05, 0.1) is 0 Å². The molecule has 0 nitrogen and oxygen atoms in total. The highest BCUT2D eigenvalue weighted by atomic mass is 14.2. The molecule has 3 aromatic carbocycles. The van der Waals surface area contributed by atoms with Crippen molar-refractivity contribution in [1.82, 2.24) is 0 Å². The van der Waals surface area contributed by atoms with Crippen LogP contribution in [0.15, 0.2) is 48.5 Å². The van der Waals surface area contributed by atoms with Gasteiger partial charge < -0.3 is 0 Å². The molecular formula is C52H92. The van der Waals surface area contributed by atoms with E-state index < -0.39 is 0 Å². The van der Waals surface area contributed by atoms with E-state index in [-0.39, 0.29) is 4.28 Å². The van der Waals surface area contributed by atoms with E-state index in [2.05, 4.69) is 159 Å². The Kier molecular flexibility index (Phi) is 23.5. The van der Waals surface area contributed by atoms with Gasteiger partial charge in [-0.1, -0.05) is 184 Å². The van der Waals surface area contributed by atoms with Crippen LogP contribution in [0.4, 0.5) is 0 Å². The van der Waals surface area contributed by atoms with Crippen LogP contribution in [0.25, 0.3) is 0 Å². The predicted molar refractivity (Wildman–Crippen MR) is 243 cm³/mol. The van der Waals surface area contributed by atoms with E-state index in [4.69, 9.17) is 0 Å². The van der Waals surface area contributed by atoms with Crippen molar-refractivity contribution in [3.63, 3.8) is 0 Å². The number of rotatable bonds is 0. The first-order valence-corrected chi connectivity index (χ1v) is 21.5. The molecule has 0 heteroatoms. The van der Waals surface area contributed by atoms with Gasteiger partial charge in [-0.05, 0) is 144 Å². The van der Waals surface area contributed by atoms with Crippen molar-refractivity contribution in [1.29, 1.82) is 0 Å². The highest BCUT2D eigenvalue weighted by Crippen LogP contribution is 2.28. The molecule has 52 heavy (non-hydrogen) atoms. The molecule has 0 saturated heterocycles. The van der Waals surface area contributed by atoms with Crippen LogP contribution in [-0.4, -0.2) is 0 Å². The molecule has 0 aromatic heterocycles. The minimum absolute atomic E-state index is 0. The Balaban J connectivity index is -0.000000585. The SMILES string of the molecule is CC1CCC(C)CC1.CC1CCC(C)CC1.CC1CCC(C)CC1.Cc1cc(C)c(C)c(C)c1.Cc1ccc(C)c(C)c1C.Cc1ccc(C)cc1.[2HH].[HH].[HH]. The van der Waals surface area contributed by atoms with Crippen molar-refractivity contribution >= 4 is 0 Å². The summed E-state index contributed by atoms with van der Waals surface area (Å²) in [7, 11) is 0. The monoisotopic (exact) mass is 718 g/mol. The van der Waals surface area contributed by atoms with Gasteiger partial charge in [0.15, 0.2) is 0 Å². The Bertz CT molecular complexity index is 1220. The van der Waals surface area contributed by atoms with E-state index in [1.165, 1.54) is 133 Å². The van der Waals surface area contributed by atoms with Crippen molar-refractivity contribution in [3.8, 4) is 0 Å². The zero-order valence-electron chi connectivity index (χ0n) is 37.6. The normalized spacial score (nSPS) is 23.6. The summed E-state index contributed by atoms with van der Waals surface area (Å²) in [6, 6.07) is 17.3. The Labute approximate surface area is 330 Å². The van der Waals surface area contributed by atoms with Gasteiger partial charge in [0.2, 0.25) is 0 Å². The van der Waals surface area contributed by atoms with Crippen LogP contribution in [0.2, 0.25) is 0 Å². The minimum Gasteiger partial charge on any atom is -0.0625 e. The lowest BCUT2D eigenvalue weighted by Crippen LogP contribution is -2.08. The third-order valence-corrected chi connectivity index (χ3v) is 12.5. The minimum atomic E-state index is 0. The van der Waals surface area contributed by atoms with Gasteiger partial charge in [-0.3, -0.25) is 0 Å². The summed E-state index contributed by atoms with van der Waals surface area (Å²) >= 11 is 0. The van der Waals surface area contributed by atoms with Crippen LogP contribution in [0.1, 0.15) is 179 Å². The highest BCUT2D eigenvalue weighted by molar-refractivity contribution is 5.38. The lowest BCUT2D eigenvalue weighted by atomic mass is 9.84. The highest BCUT2D eigenvalue weighted by Gasteiger charge is 2.14. The zero-order chi connectivity index (χ0) is 39.4. The van der Waals surface area contributed by atoms with Gasteiger partial charge >= 0.3 is 0 Å². The molecule has 3 fully saturated rings. The number of hydrogen-bond acceptors (Lipinski definition) is 0. The molecule has 0 radical (unpaired) electrons. The summed E-state index contributed by atoms with van der Waals surface area (Å²) in [4.78, 5) is 0. The lowest BCUT2D eigenvalue weighted by Gasteiger charge is -2.22. The van der Waals surface area contributed by atoms with Gasteiger partial charge in [-0.2, -0.15) is 0 Å². The van der Waals surface area contributed by atoms with Crippen molar-refractivity contribution in [2.45, 2.75) is 188 Å². The number of benzene rings is 3. The smallest absolute Gasteiger partial charge is 0 e. The lowest BCUT2D eigenvalue weighted by molar-refractivity contribution is 0.308. The molecule has 3 aromatic rings. The Morgan fingerprint density at radius 1 is 0.308 bits per heavy atom. The van der Waals surface area contributed by atoms with E-state index in [0.29, 0.717) is 0 Å². The van der Waals surface area contributed by atoms with E-state index in [9.17, 15) is 0 Å². The first kappa shape index (κ1) is 47.7. The standard InChI is InChI=1S/2C10H14.3C8H16.C8H10.3H2/c1-7-5-8(2)10(4)9(3)6-7;1-7-5-6-8(2)10(4)9(7)3;4*1-7-3-5-8(2)6-4-7;;;/h2*5-6H,1-4H3;3*7-8H,3-6H2,1-2H3;3-6H,1-2H3;3*1H/i;;;;;;1+1;;. The zero-order valence-corrected chi connectivity index (χ0v) is 37.6. The van der Waals surface area contributed by atoms with E-state index >= 15 is 0 Å². The maximum atomic E-state index is 2.37. The molecule has 0 atom stereocenters. The topological polar surface area (TPSA) is 0 Å². The van der Waals surface area contributed by atoms with E-state index in [1.54, 1.807) is 0 Å². The predicted octanol–water partition coefficient (Wildman–Crippen LogP) is 17.4.